The average Bonchev–Trinajstić information content (AvgIpc) is 2.32. The minimum atomic E-state index is -0.0892. The van der Waals surface area contributed by atoms with Crippen LogP contribution < -0.4 is 10.6 Å². The molecule has 18 heavy (non-hydrogen) atoms. The van der Waals surface area contributed by atoms with Crippen molar-refractivity contribution in [2.45, 2.75) is 51.5 Å². The summed E-state index contributed by atoms with van der Waals surface area (Å²) in [7, 11) is 0. The predicted octanol–water partition coefficient (Wildman–Crippen LogP) is 3.84. The van der Waals surface area contributed by atoms with Crippen molar-refractivity contribution < 1.29 is 4.79 Å². The third-order valence-electron chi connectivity index (χ3n) is 3.77. The zero-order valence-corrected chi connectivity index (χ0v) is 11.3. The Labute approximate surface area is 109 Å². The lowest BCUT2D eigenvalue weighted by Gasteiger charge is -2.34. The third kappa shape index (κ3) is 3.25. The van der Waals surface area contributed by atoms with E-state index in [1.807, 2.05) is 31.2 Å². The van der Waals surface area contributed by atoms with Gasteiger partial charge in [0.25, 0.3) is 0 Å². The zero-order valence-electron chi connectivity index (χ0n) is 11.3. The SMILES string of the molecule is Cc1ccccc1NC(=O)NC1(C)CCCCC1. The maximum absolute atomic E-state index is 12.0. The molecule has 2 N–H and O–H groups in total. The van der Waals surface area contributed by atoms with E-state index in [-0.39, 0.29) is 11.6 Å². The van der Waals surface area contributed by atoms with Crippen LogP contribution >= 0.6 is 0 Å². The lowest BCUT2D eigenvalue weighted by molar-refractivity contribution is 0.221. The number of rotatable bonds is 2. The number of hydrogen-bond acceptors (Lipinski definition) is 1. The predicted molar refractivity (Wildman–Crippen MR) is 74.8 cm³/mol. The van der Waals surface area contributed by atoms with Gasteiger partial charge in [0.05, 0.1) is 0 Å². The molecule has 0 atom stereocenters. The van der Waals surface area contributed by atoms with Crippen LogP contribution in [-0.4, -0.2) is 11.6 Å². The van der Waals surface area contributed by atoms with E-state index < -0.39 is 0 Å². The number of para-hydroxylation sites is 1. The van der Waals surface area contributed by atoms with Gasteiger partial charge >= 0.3 is 6.03 Å². The molecule has 0 bridgehead atoms. The molecule has 0 aliphatic heterocycles. The summed E-state index contributed by atoms with van der Waals surface area (Å²) >= 11 is 0. The van der Waals surface area contributed by atoms with Gasteiger partial charge in [0.1, 0.15) is 0 Å². The number of carbonyl (C=O) groups is 1. The summed E-state index contributed by atoms with van der Waals surface area (Å²) in [6.07, 6.45) is 5.86. The molecule has 3 heteroatoms. The molecule has 0 unspecified atom stereocenters. The highest BCUT2D eigenvalue weighted by Crippen LogP contribution is 2.27. The molecule has 1 aliphatic rings. The quantitative estimate of drug-likeness (QED) is 0.818. The van der Waals surface area contributed by atoms with Gasteiger partial charge in [-0.1, -0.05) is 37.5 Å². The van der Waals surface area contributed by atoms with Gasteiger partial charge in [-0.15, -0.1) is 0 Å². The molecule has 1 aliphatic carbocycles. The molecule has 0 aromatic heterocycles. The first-order valence-electron chi connectivity index (χ1n) is 6.74. The van der Waals surface area contributed by atoms with Crippen LogP contribution in [0.25, 0.3) is 0 Å². The van der Waals surface area contributed by atoms with Crippen LogP contribution in [0.5, 0.6) is 0 Å². The molecule has 1 aromatic rings. The number of urea groups is 1. The van der Waals surface area contributed by atoms with E-state index in [1.165, 1.54) is 19.3 Å². The van der Waals surface area contributed by atoms with Crippen molar-refractivity contribution in [2.24, 2.45) is 0 Å². The third-order valence-corrected chi connectivity index (χ3v) is 3.77. The summed E-state index contributed by atoms with van der Waals surface area (Å²) < 4.78 is 0. The molecule has 98 valence electrons. The molecule has 1 saturated carbocycles. The Kier molecular flexibility index (Phi) is 3.90. The Bertz CT molecular complexity index is 422. The number of aryl methyl sites for hydroxylation is 1. The Balaban J connectivity index is 1.94. The van der Waals surface area contributed by atoms with Gasteiger partial charge < -0.3 is 10.6 Å². The van der Waals surface area contributed by atoms with Gasteiger partial charge in [-0.25, -0.2) is 4.79 Å². The fourth-order valence-corrected chi connectivity index (χ4v) is 2.60. The molecule has 0 spiro atoms. The number of benzene rings is 1. The highest BCUT2D eigenvalue weighted by molar-refractivity contribution is 5.90. The van der Waals surface area contributed by atoms with Crippen molar-refractivity contribution in [1.29, 1.82) is 0 Å². The van der Waals surface area contributed by atoms with Crippen molar-refractivity contribution in [3.8, 4) is 0 Å². The maximum atomic E-state index is 12.0. The molecule has 2 rings (SSSR count). The topological polar surface area (TPSA) is 41.1 Å². The normalized spacial score (nSPS) is 18.1. The van der Waals surface area contributed by atoms with Crippen molar-refractivity contribution >= 4 is 11.7 Å². The highest BCUT2D eigenvalue weighted by Gasteiger charge is 2.28. The molecule has 2 amide bonds. The molecule has 3 nitrogen and oxygen atoms in total. The minimum absolute atomic E-state index is 0.0367. The lowest BCUT2D eigenvalue weighted by atomic mass is 9.83. The van der Waals surface area contributed by atoms with Crippen LogP contribution in [0, 0.1) is 6.92 Å². The van der Waals surface area contributed by atoms with E-state index in [1.54, 1.807) is 0 Å². The zero-order chi connectivity index (χ0) is 13.0. The van der Waals surface area contributed by atoms with Crippen molar-refractivity contribution in [3.05, 3.63) is 29.8 Å². The Hall–Kier alpha value is -1.51. The van der Waals surface area contributed by atoms with Gasteiger partial charge in [-0.3, -0.25) is 0 Å². The van der Waals surface area contributed by atoms with Gasteiger partial charge in [-0.2, -0.15) is 0 Å². The molecular formula is C15H22N2O. The summed E-state index contributed by atoms with van der Waals surface area (Å²) in [5, 5.41) is 6.05. The molecule has 1 fully saturated rings. The largest absolute Gasteiger partial charge is 0.333 e. The molecular weight excluding hydrogens is 224 g/mol. The van der Waals surface area contributed by atoms with E-state index in [9.17, 15) is 4.79 Å². The van der Waals surface area contributed by atoms with E-state index in [2.05, 4.69) is 17.6 Å². The first-order valence-corrected chi connectivity index (χ1v) is 6.74. The first-order chi connectivity index (χ1) is 8.59. The van der Waals surface area contributed by atoms with Gasteiger partial charge in [-0.05, 0) is 38.3 Å². The molecule has 0 saturated heterocycles. The second kappa shape index (κ2) is 5.42. The van der Waals surface area contributed by atoms with E-state index in [4.69, 9.17) is 0 Å². The summed E-state index contributed by atoms with van der Waals surface area (Å²) in [4.78, 5) is 12.0. The second-order valence-electron chi connectivity index (χ2n) is 5.52. The van der Waals surface area contributed by atoms with Crippen molar-refractivity contribution in [2.75, 3.05) is 5.32 Å². The van der Waals surface area contributed by atoms with E-state index >= 15 is 0 Å². The van der Waals surface area contributed by atoms with Gasteiger partial charge in [0.2, 0.25) is 0 Å². The number of amides is 2. The number of anilines is 1. The summed E-state index contributed by atoms with van der Waals surface area (Å²) in [5.74, 6) is 0. The lowest BCUT2D eigenvalue weighted by Crippen LogP contribution is -2.48. The molecule has 0 radical (unpaired) electrons. The smallest absolute Gasteiger partial charge is 0.319 e. The average molecular weight is 246 g/mol. The molecule has 0 heterocycles. The number of nitrogens with one attached hydrogen (secondary N) is 2. The Morgan fingerprint density at radius 1 is 1.17 bits per heavy atom. The van der Waals surface area contributed by atoms with E-state index in [0.717, 1.165) is 24.1 Å². The van der Waals surface area contributed by atoms with Crippen LogP contribution in [0.4, 0.5) is 10.5 Å². The fourth-order valence-electron chi connectivity index (χ4n) is 2.60. The highest BCUT2D eigenvalue weighted by atomic mass is 16.2. The summed E-state index contributed by atoms with van der Waals surface area (Å²) in [5.41, 5.74) is 1.93. The van der Waals surface area contributed by atoms with Crippen LogP contribution in [0.15, 0.2) is 24.3 Å². The van der Waals surface area contributed by atoms with Crippen LogP contribution in [0.1, 0.15) is 44.6 Å². The van der Waals surface area contributed by atoms with Crippen molar-refractivity contribution in [3.63, 3.8) is 0 Å². The summed E-state index contributed by atoms with van der Waals surface area (Å²) in [6.45, 7) is 4.14. The van der Waals surface area contributed by atoms with E-state index in [0.29, 0.717) is 0 Å². The Morgan fingerprint density at radius 2 is 1.83 bits per heavy atom. The van der Waals surface area contributed by atoms with Crippen LogP contribution in [0.2, 0.25) is 0 Å². The summed E-state index contributed by atoms with van der Waals surface area (Å²) in [6, 6.07) is 7.75. The second-order valence-corrected chi connectivity index (χ2v) is 5.52. The Morgan fingerprint density at radius 3 is 2.50 bits per heavy atom. The maximum Gasteiger partial charge on any atom is 0.319 e. The minimum Gasteiger partial charge on any atom is -0.333 e. The van der Waals surface area contributed by atoms with Crippen LogP contribution in [-0.2, 0) is 0 Å². The van der Waals surface area contributed by atoms with Gasteiger partial charge in [0, 0.05) is 11.2 Å². The monoisotopic (exact) mass is 246 g/mol. The van der Waals surface area contributed by atoms with Crippen LogP contribution in [0.3, 0.4) is 0 Å². The van der Waals surface area contributed by atoms with Gasteiger partial charge in [0.15, 0.2) is 0 Å². The molecule has 1 aromatic carbocycles. The standard InChI is InChI=1S/C15H22N2O/c1-12-8-4-5-9-13(12)16-14(18)17-15(2)10-6-3-7-11-15/h4-5,8-9H,3,6-7,10-11H2,1-2H3,(H2,16,17,18). The first kappa shape index (κ1) is 12.9. The fraction of sp³-hybridized carbons (Fsp3) is 0.533. The van der Waals surface area contributed by atoms with Crippen molar-refractivity contribution in [1.82, 2.24) is 5.32 Å². The number of carbonyl (C=O) groups excluding carboxylic acids is 1. The number of hydrogen-bond donors (Lipinski definition) is 2.